The van der Waals surface area contributed by atoms with Crippen LogP contribution in [0.15, 0.2) is 53.4 Å². The van der Waals surface area contributed by atoms with Gasteiger partial charge >= 0.3 is 6.03 Å². The van der Waals surface area contributed by atoms with Crippen LogP contribution in [0.2, 0.25) is 0 Å². The van der Waals surface area contributed by atoms with Gasteiger partial charge in [0.05, 0.1) is 4.90 Å². The maximum absolute atomic E-state index is 13.3. The average Bonchev–Trinajstić information content (AvgIpc) is 3.09. The van der Waals surface area contributed by atoms with Crippen molar-refractivity contribution in [1.29, 1.82) is 0 Å². The zero-order valence-electron chi connectivity index (χ0n) is 19.3. The van der Waals surface area contributed by atoms with E-state index < -0.39 is 40.0 Å². The van der Waals surface area contributed by atoms with Gasteiger partial charge in [0.15, 0.2) is 0 Å². The highest BCUT2D eigenvalue weighted by Gasteiger charge is 2.54. The molecular weight excluding hydrogens is 468 g/mol. The molecule has 0 unspecified atom stereocenters. The molecule has 2 fully saturated rings. The van der Waals surface area contributed by atoms with E-state index in [1.165, 1.54) is 28.6 Å². The Kier molecular flexibility index (Phi) is 6.10. The molecule has 0 aromatic heterocycles. The summed E-state index contributed by atoms with van der Waals surface area (Å²) in [5.41, 5.74) is 1.07. The van der Waals surface area contributed by atoms with Crippen LogP contribution in [0.3, 0.4) is 0 Å². The maximum atomic E-state index is 13.3. The van der Waals surface area contributed by atoms with Gasteiger partial charge in [-0.2, -0.15) is 4.31 Å². The molecule has 3 aliphatic rings. The summed E-state index contributed by atoms with van der Waals surface area (Å²) in [5.74, 6) is -0.964. The number of imide groups is 1. The average molecular weight is 497 g/mol. The first kappa shape index (κ1) is 23.5. The van der Waals surface area contributed by atoms with Crippen LogP contribution in [-0.2, 0) is 31.6 Å². The number of aryl methyl sites for hydroxylation is 1. The normalized spacial score (nSPS) is 22.7. The van der Waals surface area contributed by atoms with Crippen LogP contribution in [-0.4, -0.2) is 55.1 Å². The van der Waals surface area contributed by atoms with E-state index in [2.05, 4.69) is 10.6 Å². The molecule has 0 saturated carbocycles. The predicted octanol–water partition coefficient (Wildman–Crippen LogP) is 2.58. The predicted molar refractivity (Wildman–Crippen MR) is 129 cm³/mol. The molecule has 2 aliphatic heterocycles. The minimum atomic E-state index is -3.57. The number of amides is 4. The fraction of sp³-hybridized carbons (Fsp3) is 0.400. The first-order chi connectivity index (χ1) is 16.8. The second kappa shape index (κ2) is 9.09. The molecule has 0 radical (unpaired) electrons. The van der Waals surface area contributed by atoms with E-state index in [0.29, 0.717) is 25.2 Å². The first-order valence-electron chi connectivity index (χ1n) is 11.9. The van der Waals surface area contributed by atoms with Crippen LogP contribution in [0, 0.1) is 0 Å². The van der Waals surface area contributed by atoms with Gasteiger partial charge in [0.1, 0.15) is 12.1 Å². The quantitative estimate of drug-likeness (QED) is 0.618. The Balaban J connectivity index is 1.26. The van der Waals surface area contributed by atoms with Crippen molar-refractivity contribution < 1.29 is 22.8 Å². The molecule has 1 spiro atoms. The van der Waals surface area contributed by atoms with Crippen molar-refractivity contribution in [2.75, 3.05) is 25.0 Å². The number of hydrogen-bond acceptors (Lipinski definition) is 5. The summed E-state index contributed by atoms with van der Waals surface area (Å²) in [6.07, 6.45) is 4.81. The SMILES string of the molecule is O=C(CN1C(=O)N[C@@]2(CCCc3ccccc32)C1=O)Nc1ccc(S(=O)(=O)N2CCCCC2)cc1. The Morgan fingerprint density at radius 2 is 1.69 bits per heavy atom. The monoisotopic (exact) mass is 496 g/mol. The third-order valence-corrected chi connectivity index (χ3v) is 8.96. The Morgan fingerprint density at radius 3 is 2.43 bits per heavy atom. The van der Waals surface area contributed by atoms with Crippen molar-refractivity contribution >= 4 is 33.6 Å². The molecule has 5 rings (SSSR count). The summed E-state index contributed by atoms with van der Waals surface area (Å²) in [7, 11) is -3.57. The lowest BCUT2D eigenvalue weighted by atomic mass is 9.76. The van der Waals surface area contributed by atoms with E-state index >= 15 is 0 Å². The van der Waals surface area contributed by atoms with Crippen LogP contribution < -0.4 is 10.6 Å². The zero-order chi connectivity index (χ0) is 24.6. The molecule has 1 atom stereocenters. The smallest absolute Gasteiger partial charge is 0.325 e. The molecule has 2 aromatic carbocycles. The standard InChI is InChI=1S/C25H28N4O5S/c30-22(26-19-10-12-20(13-11-19)35(33,34)28-15-4-1-5-16-28)17-29-23(31)25(27-24(29)32)14-6-8-18-7-2-3-9-21(18)25/h2-3,7,9-13H,1,4-6,8,14-17H2,(H,26,30)(H,27,32)/t25-/m1/s1. The van der Waals surface area contributed by atoms with Gasteiger partial charge in [-0.15, -0.1) is 0 Å². The molecule has 2 heterocycles. The van der Waals surface area contributed by atoms with Crippen LogP contribution in [0.1, 0.15) is 43.2 Å². The Bertz CT molecular complexity index is 1270. The number of anilines is 1. The van der Waals surface area contributed by atoms with Crippen LogP contribution in [0.4, 0.5) is 10.5 Å². The van der Waals surface area contributed by atoms with Crippen molar-refractivity contribution in [3.8, 4) is 0 Å². The van der Waals surface area contributed by atoms with E-state index in [-0.39, 0.29) is 4.90 Å². The van der Waals surface area contributed by atoms with E-state index in [1.807, 2.05) is 24.3 Å². The Hall–Kier alpha value is -3.24. The number of piperidine rings is 1. The van der Waals surface area contributed by atoms with Gasteiger partial charge < -0.3 is 10.6 Å². The fourth-order valence-corrected chi connectivity index (χ4v) is 6.78. The third-order valence-electron chi connectivity index (χ3n) is 7.04. The number of hydrogen-bond donors (Lipinski definition) is 2. The molecule has 2 N–H and O–H groups in total. The van der Waals surface area contributed by atoms with Crippen molar-refractivity contribution in [2.24, 2.45) is 0 Å². The van der Waals surface area contributed by atoms with Crippen molar-refractivity contribution in [2.45, 2.75) is 49.0 Å². The summed E-state index contributed by atoms with van der Waals surface area (Å²) in [5, 5.41) is 5.49. The number of nitrogens with one attached hydrogen (secondary N) is 2. The van der Waals surface area contributed by atoms with Gasteiger partial charge in [0, 0.05) is 18.8 Å². The van der Waals surface area contributed by atoms with Gasteiger partial charge in [0.2, 0.25) is 15.9 Å². The van der Waals surface area contributed by atoms with Crippen molar-refractivity contribution in [3.63, 3.8) is 0 Å². The van der Waals surface area contributed by atoms with Crippen LogP contribution in [0.25, 0.3) is 0 Å². The topological polar surface area (TPSA) is 116 Å². The number of carbonyl (C=O) groups is 3. The van der Waals surface area contributed by atoms with E-state index in [1.54, 1.807) is 0 Å². The van der Waals surface area contributed by atoms with E-state index in [9.17, 15) is 22.8 Å². The highest BCUT2D eigenvalue weighted by Crippen LogP contribution is 2.39. The van der Waals surface area contributed by atoms with E-state index in [4.69, 9.17) is 0 Å². The van der Waals surface area contributed by atoms with Gasteiger partial charge in [-0.25, -0.2) is 13.2 Å². The third kappa shape index (κ3) is 4.21. The van der Waals surface area contributed by atoms with E-state index in [0.717, 1.165) is 48.1 Å². The molecule has 9 nitrogen and oxygen atoms in total. The molecule has 1 aliphatic carbocycles. The summed E-state index contributed by atoms with van der Waals surface area (Å²) in [4.78, 5) is 39.9. The number of sulfonamides is 1. The van der Waals surface area contributed by atoms with Gasteiger partial charge in [-0.3, -0.25) is 14.5 Å². The largest absolute Gasteiger partial charge is 0.325 e. The number of benzene rings is 2. The lowest BCUT2D eigenvalue weighted by Crippen LogP contribution is -2.47. The molecule has 0 bridgehead atoms. The first-order valence-corrected chi connectivity index (χ1v) is 13.4. The molecule has 10 heteroatoms. The minimum absolute atomic E-state index is 0.171. The number of rotatable bonds is 5. The summed E-state index contributed by atoms with van der Waals surface area (Å²) in [6, 6.07) is 12.9. The minimum Gasteiger partial charge on any atom is -0.325 e. The maximum Gasteiger partial charge on any atom is 0.325 e. The lowest BCUT2D eigenvalue weighted by molar-refractivity contribution is -0.134. The Morgan fingerprint density at radius 1 is 0.971 bits per heavy atom. The van der Waals surface area contributed by atoms with Crippen LogP contribution in [0.5, 0.6) is 0 Å². The lowest BCUT2D eigenvalue weighted by Gasteiger charge is -2.33. The number of urea groups is 1. The molecule has 184 valence electrons. The number of carbonyl (C=O) groups excluding carboxylic acids is 3. The fourth-order valence-electron chi connectivity index (χ4n) is 5.26. The molecule has 35 heavy (non-hydrogen) atoms. The molecule has 2 aromatic rings. The Labute approximate surface area is 204 Å². The summed E-state index contributed by atoms with van der Waals surface area (Å²) in [6.45, 7) is 0.597. The van der Waals surface area contributed by atoms with Gasteiger partial charge in [-0.1, -0.05) is 30.7 Å². The molecular formula is C25H28N4O5S. The summed E-state index contributed by atoms with van der Waals surface area (Å²) >= 11 is 0. The highest BCUT2D eigenvalue weighted by molar-refractivity contribution is 7.89. The second-order valence-corrected chi connectivity index (χ2v) is 11.2. The zero-order valence-corrected chi connectivity index (χ0v) is 20.1. The number of fused-ring (bicyclic) bond motifs is 2. The van der Waals surface area contributed by atoms with Gasteiger partial charge in [0.25, 0.3) is 5.91 Å². The van der Waals surface area contributed by atoms with Gasteiger partial charge in [-0.05, 0) is 67.5 Å². The van der Waals surface area contributed by atoms with Crippen molar-refractivity contribution in [3.05, 3.63) is 59.7 Å². The highest BCUT2D eigenvalue weighted by atomic mass is 32.2. The number of nitrogens with zero attached hydrogens (tertiary/aromatic N) is 2. The summed E-state index contributed by atoms with van der Waals surface area (Å²) < 4.78 is 27.1. The van der Waals surface area contributed by atoms with Crippen molar-refractivity contribution in [1.82, 2.24) is 14.5 Å². The molecule has 2 saturated heterocycles. The second-order valence-electron chi connectivity index (χ2n) is 9.27. The van der Waals surface area contributed by atoms with Crippen LogP contribution >= 0.6 is 0 Å². The molecule has 4 amide bonds.